The maximum Gasteiger partial charge on any atom is 0.0854 e. The lowest BCUT2D eigenvalue weighted by molar-refractivity contribution is 0.302. The molecule has 1 heteroatoms. The highest BCUT2D eigenvalue weighted by molar-refractivity contribution is 5.30. The molecule has 1 N–H and O–H groups in total. The zero-order valence-corrected chi connectivity index (χ0v) is 8.63. The molecule has 0 saturated heterocycles. The van der Waals surface area contributed by atoms with Crippen molar-refractivity contribution in [3.05, 3.63) is 30.0 Å². The third-order valence-electron chi connectivity index (χ3n) is 3.93. The predicted molar refractivity (Wildman–Crippen MR) is 58.3 cm³/mol. The topological polar surface area (TPSA) is 12.0 Å². The Morgan fingerprint density at radius 1 is 1.00 bits per heavy atom. The van der Waals surface area contributed by atoms with Gasteiger partial charge in [-0.15, -0.1) is 0 Å². The van der Waals surface area contributed by atoms with Crippen molar-refractivity contribution in [3.8, 4) is 0 Å². The van der Waals surface area contributed by atoms with Gasteiger partial charge in [0.15, 0.2) is 0 Å². The minimum Gasteiger partial charge on any atom is -0.376 e. The lowest BCUT2D eigenvalue weighted by Gasteiger charge is -2.38. The Bertz CT molecular complexity index is 269. The molecule has 0 aromatic rings. The molecule has 0 aromatic carbocycles. The van der Waals surface area contributed by atoms with E-state index in [1.165, 1.54) is 50.3 Å². The van der Waals surface area contributed by atoms with Gasteiger partial charge in [0.05, 0.1) is 6.04 Å². The maximum absolute atomic E-state index is 3.65. The van der Waals surface area contributed by atoms with Crippen molar-refractivity contribution in [1.29, 1.82) is 0 Å². The normalized spacial score (nSPS) is 29.0. The second-order valence-corrected chi connectivity index (χ2v) is 4.82. The number of nitrogens with one attached hydrogen (secondary N) is 1. The van der Waals surface area contributed by atoms with Gasteiger partial charge in [-0.1, -0.05) is 25.0 Å². The quantitative estimate of drug-likeness (QED) is 0.702. The Morgan fingerprint density at radius 3 is 2.29 bits per heavy atom. The molecule has 2 aliphatic carbocycles. The molecule has 14 heavy (non-hydrogen) atoms. The fourth-order valence-electron chi connectivity index (χ4n) is 2.42. The second-order valence-electron chi connectivity index (χ2n) is 4.82. The monoisotopic (exact) mass is 188 g/mol. The van der Waals surface area contributed by atoms with E-state index >= 15 is 0 Å². The fraction of sp³-hybridized carbons (Fsp3) is 0.615. The van der Waals surface area contributed by atoms with E-state index in [1.807, 2.05) is 0 Å². The number of hydrogen-bond acceptors (Lipinski definition) is 1. The number of hydrogen-bond donors (Lipinski definition) is 1. The summed E-state index contributed by atoms with van der Waals surface area (Å²) in [6.45, 7) is 0. The van der Waals surface area contributed by atoms with E-state index in [9.17, 15) is 0 Å². The number of dihydropyridines is 1. The van der Waals surface area contributed by atoms with Crippen LogP contribution in [0.25, 0.3) is 0 Å². The van der Waals surface area contributed by atoms with Crippen LogP contribution in [0.4, 0.5) is 0 Å². The van der Waals surface area contributed by atoms with Gasteiger partial charge in [-0.2, -0.15) is 0 Å². The van der Waals surface area contributed by atoms with Crippen LogP contribution in [0.5, 0.6) is 0 Å². The van der Waals surface area contributed by atoms with Crippen molar-refractivity contribution in [2.45, 2.75) is 38.5 Å². The molecule has 0 unspecified atom stereocenters. The van der Waals surface area contributed by atoms with E-state index in [4.69, 9.17) is 0 Å². The summed E-state index contributed by atoms with van der Waals surface area (Å²) in [6, 6.07) is 1.49. The van der Waals surface area contributed by atoms with Crippen molar-refractivity contribution in [2.75, 3.05) is 0 Å². The third kappa shape index (κ3) is 1.39. The van der Waals surface area contributed by atoms with Crippen LogP contribution in [0.2, 0.25) is 0 Å². The lowest BCUT2D eigenvalue weighted by Crippen LogP contribution is -2.35. The van der Waals surface area contributed by atoms with E-state index in [0.717, 1.165) is 11.8 Å². The van der Waals surface area contributed by atoms with Crippen molar-refractivity contribution >= 4 is 0 Å². The van der Waals surface area contributed by atoms with E-state index in [-0.39, 0.29) is 0 Å². The first-order valence-corrected chi connectivity index (χ1v) is 5.95. The van der Waals surface area contributed by atoms with Crippen LogP contribution in [-0.4, -0.2) is 0 Å². The van der Waals surface area contributed by atoms with E-state index in [0.29, 0.717) is 0 Å². The van der Waals surface area contributed by atoms with Gasteiger partial charge in [-0.05, 0) is 43.6 Å². The van der Waals surface area contributed by atoms with Crippen LogP contribution in [0.15, 0.2) is 23.9 Å². The lowest BCUT2D eigenvalue weighted by atomic mass is 9.77. The number of allylic oxidation sites excluding steroid dienone is 3. The van der Waals surface area contributed by atoms with Gasteiger partial charge in [-0.25, -0.2) is 0 Å². The van der Waals surface area contributed by atoms with E-state index in [2.05, 4.69) is 23.5 Å². The Kier molecular flexibility index (Phi) is 2.11. The summed E-state index contributed by atoms with van der Waals surface area (Å²) in [7, 11) is 0. The first kappa shape index (κ1) is 8.58. The summed E-state index contributed by atoms with van der Waals surface area (Å²) in [4.78, 5) is 0. The summed E-state index contributed by atoms with van der Waals surface area (Å²) in [5.41, 5.74) is 1.49. The Hall–Kier alpha value is -0.720. The SMILES string of the molecule is C1=C[C](C2CCC2)NC(C2CCC2)=C1. The van der Waals surface area contributed by atoms with Gasteiger partial charge in [0.2, 0.25) is 0 Å². The molecule has 0 amide bonds. The zero-order valence-electron chi connectivity index (χ0n) is 8.63. The van der Waals surface area contributed by atoms with Crippen molar-refractivity contribution < 1.29 is 0 Å². The molecule has 2 fully saturated rings. The smallest absolute Gasteiger partial charge is 0.0854 e. The molecule has 0 atom stereocenters. The highest BCUT2D eigenvalue weighted by atomic mass is 14.9. The standard InChI is InChI=1S/C13H18N/c1-4-10(5-1)12-8-3-9-13(14-12)11-6-2-7-11/h3,8-11,14H,1-2,4-7H2. The summed E-state index contributed by atoms with van der Waals surface area (Å²) in [5.74, 6) is 1.69. The van der Waals surface area contributed by atoms with Gasteiger partial charge in [0, 0.05) is 5.70 Å². The maximum atomic E-state index is 3.65. The minimum atomic E-state index is 0.843. The molecular formula is C13H18N. The van der Waals surface area contributed by atoms with Crippen LogP contribution >= 0.6 is 0 Å². The van der Waals surface area contributed by atoms with Gasteiger partial charge in [0.25, 0.3) is 0 Å². The molecule has 1 heterocycles. The molecule has 0 bridgehead atoms. The molecular weight excluding hydrogens is 170 g/mol. The van der Waals surface area contributed by atoms with Gasteiger partial charge >= 0.3 is 0 Å². The van der Waals surface area contributed by atoms with Gasteiger partial charge < -0.3 is 5.32 Å². The first-order valence-electron chi connectivity index (χ1n) is 5.95. The highest BCUT2D eigenvalue weighted by Crippen LogP contribution is 2.39. The summed E-state index contributed by atoms with van der Waals surface area (Å²) in [6.07, 6.45) is 15.2. The average molecular weight is 188 g/mol. The van der Waals surface area contributed by atoms with Crippen LogP contribution in [0.1, 0.15) is 38.5 Å². The second kappa shape index (κ2) is 3.45. The first-order chi connectivity index (χ1) is 6.93. The summed E-state index contributed by atoms with van der Waals surface area (Å²) < 4.78 is 0. The Balaban J connectivity index is 1.64. The molecule has 2 saturated carbocycles. The molecule has 1 aliphatic heterocycles. The van der Waals surface area contributed by atoms with Crippen LogP contribution in [0, 0.1) is 17.9 Å². The van der Waals surface area contributed by atoms with Crippen LogP contribution in [0.3, 0.4) is 0 Å². The zero-order chi connectivity index (χ0) is 9.38. The molecule has 1 radical (unpaired) electrons. The molecule has 3 rings (SSSR count). The Labute approximate surface area is 86.3 Å². The van der Waals surface area contributed by atoms with Crippen molar-refractivity contribution in [1.82, 2.24) is 5.32 Å². The van der Waals surface area contributed by atoms with Gasteiger partial charge in [0.1, 0.15) is 0 Å². The fourth-order valence-corrected chi connectivity index (χ4v) is 2.42. The van der Waals surface area contributed by atoms with Crippen molar-refractivity contribution in [3.63, 3.8) is 0 Å². The van der Waals surface area contributed by atoms with Crippen molar-refractivity contribution in [2.24, 2.45) is 11.8 Å². The summed E-state index contributed by atoms with van der Waals surface area (Å²) >= 11 is 0. The van der Waals surface area contributed by atoms with Crippen LogP contribution in [-0.2, 0) is 0 Å². The molecule has 3 aliphatic rings. The van der Waals surface area contributed by atoms with Crippen LogP contribution < -0.4 is 5.32 Å². The minimum absolute atomic E-state index is 0.843. The molecule has 0 aromatic heterocycles. The average Bonchev–Trinajstić information content (AvgIpc) is 1.98. The molecule has 75 valence electrons. The molecule has 0 spiro atoms. The predicted octanol–water partition coefficient (Wildman–Crippen LogP) is 3.16. The largest absolute Gasteiger partial charge is 0.376 e. The molecule has 1 nitrogen and oxygen atoms in total. The summed E-state index contributed by atoms with van der Waals surface area (Å²) in [5, 5.41) is 3.65. The Morgan fingerprint density at radius 2 is 1.71 bits per heavy atom. The van der Waals surface area contributed by atoms with Gasteiger partial charge in [-0.3, -0.25) is 0 Å². The number of rotatable bonds is 2. The van der Waals surface area contributed by atoms with E-state index in [1.54, 1.807) is 0 Å². The highest BCUT2D eigenvalue weighted by Gasteiger charge is 2.30. The van der Waals surface area contributed by atoms with E-state index < -0.39 is 0 Å². The third-order valence-corrected chi connectivity index (χ3v) is 3.93.